The third-order valence-electron chi connectivity index (χ3n) is 6.33. The summed E-state index contributed by atoms with van der Waals surface area (Å²) in [7, 11) is -2.52. The van der Waals surface area contributed by atoms with E-state index >= 15 is 0 Å². The molecule has 0 saturated heterocycles. The van der Waals surface area contributed by atoms with E-state index in [-0.39, 0.29) is 11.6 Å². The second-order valence-electron chi connectivity index (χ2n) is 8.45. The first-order chi connectivity index (χ1) is 15.4. The molecule has 1 aliphatic rings. The van der Waals surface area contributed by atoms with Crippen LogP contribution in [0.5, 0.6) is 0 Å². The van der Waals surface area contributed by atoms with Crippen LogP contribution in [-0.2, 0) is 15.7 Å². The van der Waals surface area contributed by atoms with E-state index in [0.29, 0.717) is 30.5 Å². The third-order valence-corrected chi connectivity index (χ3v) is 8.86. The number of hydrogen-bond acceptors (Lipinski definition) is 6. The van der Waals surface area contributed by atoms with Crippen molar-refractivity contribution >= 4 is 30.0 Å². The molecule has 170 valence electrons. The first-order valence-corrected chi connectivity index (χ1v) is 13.4. The summed E-state index contributed by atoms with van der Waals surface area (Å²) in [4.78, 5) is 22.0. The van der Waals surface area contributed by atoms with E-state index in [0.717, 1.165) is 47.9 Å². The fraction of sp³-hybridized carbons (Fsp3) is 0.458. The van der Waals surface area contributed by atoms with Crippen LogP contribution in [0.2, 0.25) is 0 Å². The van der Waals surface area contributed by atoms with Crippen LogP contribution in [-0.4, -0.2) is 26.9 Å². The zero-order chi connectivity index (χ0) is 22.7. The van der Waals surface area contributed by atoms with Crippen molar-refractivity contribution in [2.24, 2.45) is 0 Å². The number of aromatic nitrogens is 3. The number of hydrogen-bond donors (Lipinski definition) is 1. The van der Waals surface area contributed by atoms with Crippen LogP contribution >= 0.6 is 7.37 Å². The summed E-state index contributed by atoms with van der Waals surface area (Å²) < 4.78 is 20.0. The van der Waals surface area contributed by atoms with Gasteiger partial charge >= 0.3 is 0 Å². The minimum atomic E-state index is -2.52. The number of nitrogens with zero attached hydrogens (tertiary/aromatic N) is 3. The van der Waals surface area contributed by atoms with Crippen LogP contribution in [0.25, 0.3) is 11.0 Å². The lowest BCUT2D eigenvalue weighted by atomic mass is 10.1. The lowest BCUT2D eigenvalue weighted by molar-refractivity contribution is 0.304. The lowest BCUT2D eigenvalue weighted by Crippen LogP contribution is -2.24. The van der Waals surface area contributed by atoms with E-state index in [1.165, 1.54) is 0 Å². The number of fused-ring (bicyclic) bond motifs is 1. The maximum absolute atomic E-state index is 12.8. The Morgan fingerprint density at radius 2 is 1.84 bits per heavy atom. The minimum absolute atomic E-state index is 0.00681. The van der Waals surface area contributed by atoms with Gasteiger partial charge in [-0.15, -0.1) is 0 Å². The molecule has 1 aliphatic carbocycles. The summed E-state index contributed by atoms with van der Waals surface area (Å²) in [5.74, 6) is 0.458. The number of benzene rings is 1. The normalized spacial score (nSPS) is 14.8. The van der Waals surface area contributed by atoms with Gasteiger partial charge in [-0.3, -0.25) is 13.9 Å². The molecule has 0 amide bonds. The van der Waals surface area contributed by atoms with Gasteiger partial charge in [0.25, 0.3) is 5.56 Å². The highest BCUT2D eigenvalue weighted by molar-refractivity contribution is 7.58. The zero-order valence-corrected chi connectivity index (χ0v) is 19.9. The predicted octanol–water partition coefficient (Wildman–Crippen LogP) is 5.79. The Bertz CT molecular complexity index is 1190. The van der Waals surface area contributed by atoms with Gasteiger partial charge in [0, 0.05) is 41.7 Å². The number of nitrogens with one attached hydrogen (secondary N) is 1. The Morgan fingerprint density at radius 1 is 1.16 bits per heavy atom. The molecule has 2 heterocycles. The van der Waals surface area contributed by atoms with Gasteiger partial charge in [-0.2, -0.15) is 4.98 Å². The Balaban J connectivity index is 1.56. The molecule has 0 radical (unpaired) electrons. The molecule has 4 rings (SSSR count). The smallest absolute Gasteiger partial charge is 0.252 e. The molecule has 0 unspecified atom stereocenters. The molecule has 32 heavy (non-hydrogen) atoms. The van der Waals surface area contributed by atoms with Crippen molar-refractivity contribution in [3.63, 3.8) is 0 Å². The summed E-state index contributed by atoms with van der Waals surface area (Å²) in [5, 5.41) is 4.15. The molecule has 2 aromatic heterocycles. The highest BCUT2D eigenvalue weighted by Crippen LogP contribution is 2.46. The van der Waals surface area contributed by atoms with Crippen molar-refractivity contribution < 1.29 is 9.09 Å². The molecular weight excluding hydrogens is 423 g/mol. The second-order valence-corrected chi connectivity index (χ2v) is 11.6. The number of aryl methyl sites for hydroxylation is 1. The molecular formula is C24H31N4O3P. The van der Waals surface area contributed by atoms with Crippen molar-refractivity contribution in [2.45, 2.75) is 59.1 Å². The van der Waals surface area contributed by atoms with Crippen molar-refractivity contribution in [1.29, 1.82) is 0 Å². The average molecular weight is 455 g/mol. The minimum Gasteiger partial charge on any atom is -0.324 e. The molecule has 1 saturated carbocycles. The first-order valence-electron chi connectivity index (χ1n) is 11.4. The van der Waals surface area contributed by atoms with Crippen LogP contribution in [0.1, 0.15) is 56.7 Å². The summed E-state index contributed by atoms with van der Waals surface area (Å²) in [6, 6.07) is 9.63. The number of anilines is 2. The molecule has 1 fully saturated rings. The predicted molar refractivity (Wildman–Crippen MR) is 129 cm³/mol. The van der Waals surface area contributed by atoms with Gasteiger partial charge < -0.3 is 9.84 Å². The van der Waals surface area contributed by atoms with Crippen LogP contribution in [0.3, 0.4) is 0 Å². The fourth-order valence-corrected chi connectivity index (χ4v) is 5.46. The van der Waals surface area contributed by atoms with Gasteiger partial charge in [-0.05, 0) is 43.0 Å². The van der Waals surface area contributed by atoms with Crippen LogP contribution in [0.4, 0.5) is 11.6 Å². The third kappa shape index (κ3) is 4.79. The van der Waals surface area contributed by atoms with Gasteiger partial charge in [-0.1, -0.05) is 38.8 Å². The molecule has 0 spiro atoms. The summed E-state index contributed by atoms with van der Waals surface area (Å²) in [6.07, 6.45) is 7.20. The quantitative estimate of drug-likeness (QED) is 0.434. The average Bonchev–Trinajstić information content (AvgIpc) is 3.32. The van der Waals surface area contributed by atoms with E-state index in [1.54, 1.807) is 12.3 Å². The van der Waals surface area contributed by atoms with Crippen molar-refractivity contribution in [3.8, 4) is 0 Å². The van der Waals surface area contributed by atoms with Gasteiger partial charge in [0.15, 0.2) is 0 Å². The maximum Gasteiger partial charge on any atom is 0.252 e. The van der Waals surface area contributed by atoms with Gasteiger partial charge in [-0.25, -0.2) is 4.98 Å². The van der Waals surface area contributed by atoms with E-state index in [9.17, 15) is 9.36 Å². The second kappa shape index (κ2) is 9.55. The van der Waals surface area contributed by atoms with E-state index in [4.69, 9.17) is 9.51 Å². The highest BCUT2D eigenvalue weighted by atomic mass is 31.2. The monoisotopic (exact) mass is 454 g/mol. The molecule has 1 aromatic carbocycles. The van der Waals surface area contributed by atoms with Crippen molar-refractivity contribution in [1.82, 2.24) is 14.5 Å². The molecule has 7 nitrogen and oxygen atoms in total. The summed E-state index contributed by atoms with van der Waals surface area (Å²) >= 11 is 0. The Labute approximate surface area is 188 Å². The lowest BCUT2D eigenvalue weighted by Gasteiger charge is -2.17. The fourth-order valence-electron chi connectivity index (χ4n) is 4.26. The summed E-state index contributed by atoms with van der Waals surface area (Å²) in [6.45, 7) is 6.05. The standard InChI is InChI=1S/C24H31N4O3P/c1-4-32(30,5-2)31-16-18-10-12-19(13-11-18)26-24-25-15-21-17(3)14-22(29)28(23(21)27-24)20-8-6-7-9-20/h10-15,20H,4-9,16H2,1-3H3,(H,25,26,27). The number of rotatable bonds is 8. The largest absolute Gasteiger partial charge is 0.324 e. The molecule has 0 atom stereocenters. The SMILES string of the molecule is CCP(=O)(CC)OCc1ccc(Nc2ncc3c(C)cc(=O)n(C4CCCC4)c3n2)cc1. The van der Waals surface area contributed by atoms with Gasteiger partial charge in [0.2, 0.25) is 13.3 Å². The number of pyridine rings is 1. The van der Waals surface area contributed by atoms with Crippen LogP contribution < -0.4 is 10.9 Å². The van der Waals surface area contributed by atoms with Crippen LogP contribution in [0.15, 0.2) is 41.3 Å². The molecule has 0 aliphatic heterocycles. The molecule has 3 aromatic rings. The Morgan fingerprint density at radius 3 is 2.50 bits per heavy atom. The highest BCUT2D eigenvalue weighted by Gasteiger charge is 2.22. The van der Waals surface area contributed by atoms with Gasteiger partial charge in [0.05, 0.1) is 6.61 Å². The Kier molecular flexibility index (Phi) is 6.77. The summed E-state index contributed by atoms with van der Waals surface area (Å²) in [5.41, 5.74) is 3.39. The van der Waals surface area contributed by atoms with Crippen molar-refractivity contribution in [2.75, 3.05) is 17.6 Å². The van der Waals surface area contributed by atoms with Crippen LogP contribution in [0, 0.1) is 6.92 Å². The molecule has 0 bridgehead atoms. The first kappa shape index (κ1) is 22.7. The van der Waals surface area contributed by atoms with Crippen molar-refractivity contribution in [3.05, 3.63) is 58.0 Å². The zero-order valence-electron chi connectivity index (χ0n) is 19.0. The van der Waals surface area contributed by atoms with E-state index < -0.39 is 7.37 Å². The maximum atomic E-state index is 12.8. The topological polar surface area (TPSA) is 86.1 Å². The van der Waals surface area contributed by atoms with Gasteiger partial charge in [0.1, 0.15) is 5.65 Å². The Hall–Kier alpha value is -2.50. The molecule has 8 heteroatoms. The molecule has 1 N–H and O–H groups in total. The van der Waals surface area contributed by atoms with E-state index in [2.05, 4.69) is 10.3 Å². The van der Waals surface area contributed by atoms with E-state index in [1.807, 2.05) is 49.6 Å².